The van der Waals surface area contributed by atoms with Crippen LogP contribution in [0.2, 0.25) is 0 Å². The number of nitrogens with one attached hydrogen (secondary N) is 1. The third kappa shape index (κ3) is 5.25. The number of thioether (sulfide) groups is 1. The van der Waals surface area contributed by atoms with Crippen molar-refractivity contribution in [3.63, 3.8) is 0 Å². The first kappa shape index (κ1) is 15.5. The van der Waals surface area contributed by atoms with E-state index in [1.807, 2.05) is 23.9 Å². The molecule has 1 aliphatic carbocycles. The Hall–Kier alpha value is -0.870. The van der Waals surface area contributed by atoms with Crippen LogP contribution >= 0.6 is 11.8 Å². The molecule has 4 heteroatoms. The minimum atomic E-state index is 0.714. The number of hydrogen-bond donors (Lipinski definition) is 1. The van der Waals surface area contributed by atoms with Crippen molar-refractivity contribution in [2.45, 2.75) is 38.8 Å². The van der Waals surface area contributed by atoms with E-state index in [1.165, 1.54) is 24.2 Å². The first-order valence-corrected chi connectivity index (χ1v) is 8.59. The molecule has 20 heavy (non-hydrogen) atoms. The van der Waals surface area contributed by atoms with E-state index in [-0.39, 0.29) is 0 Å². The van der Waals surface area contributed by atoms with E-state index in [4.69, 9.17) is 9.47 Å². The van der Waals surface area contributed by atoms with Crippen LogP contribution in [-0.2, 0) is 6.54 Å². The van der Waals surface area contributed by atoms with Crippen LogP contribution in [0.4, 0.5) is 0 Å². The molecule has 0 saturated heterocycles. The average Bonchev–Trinajstić information content (AvgIpc) is 3.29. The van der Waals surface area contributed by atoms with Crippen LogP contribution in [0.1, 0.15) is 31.7 Å². The van der Waals surface area contributed by atoms with Crippen LogP contribution in [0.25, 0.3) is 0 Å². The molecular weight excluding hydrogens is 270 g/mol. The van der Waals surface area contributed by atoms with E-state index in [0.717, 1.165) is 36.8 Å². The molecule has 2 rings (SSSR count). The second-order valence-corrected chi connectivity index (χ2v) is 6.42. The maximum absolute atomic E-state index is 5.95. The Morgan fingerprint density at radius 1 is 1.35 bits per heavy atom. The summed E-state index contributed by atoms with van der Waals surface area (Å²) < 4.78 is 11.2. The Bertz CT molecular complexity index is 407. The fraction of sp³-hybridized carbons (Fsp3) is 0.625. The Morgan fingerprint density at radius 3 is 2.90 bits per heavy atom. The topological polar surface area (TPSA) is 30.5 Å². The molecule has 1 aromatic carbocycles. The molecule has 1 aliphatic rings. The molecule has 112 valence electrons. The second-order valence-electron chi connectivity index (χ2n) is 5.03. The van der Waals surface area contributed by atoms with E-state index in [9.17, 15) is 0 Å². The highest BCUT2D eigenvalue weighted by atomic mass is 32.2. The standard InChI is InChI=1S/C16H25NO2S/c1-3-20-10-4-9-19-16-11-15(18-2)8-5-13(16)12-17-14-6-7-14/h5,8,11,14,17H,3-4,6-7,9-10,12H2,1-2H3. The van der Waals surface area contributed by atoms with Crippen molar-refractivity contribution in [1.82, 2.24) is 5.32 Å². The number of ether oxygens (including phenoxy) is 2. The quantitative estimate of drug-likeness (QED) is 0.670. The van der Waals surface area contributed by atoms with Crippen molar-refractivity contribution in [2.24, 2.45) is 0 Å². The lowest BCUT2D eigenvalue weighted by molar-refractivity contribution is 0.311. The van der Waals surface area contributed by atoms with Crippen molar-refractivity contribution in [1.29, 1.82) is 0 Å². The van der Waals surface area contributed by atoms with Crippen LogP contribution in [0.3, 0.4) is 0 Å². The van der Waals surface area contributed by atoms with E-state index in [1.54, 1.807) is 7.11 Å². The maximum Gasteiger partial charge on any atom is 0.127 e. The zero-order valence-corrected chi connectivity index (χ0v) is 13.3. The second kappa shape index (κ2) is 8.42. The molecule has 0 heterocycles. The molecule has 0 spiro atoms. The van der Waals surface area contributed by atoms with Gasteiger partial charge >= 0.3 is 0 Å². The summed E-state index contributed by atoms with van der Waals surface area (Å²) in [6, 6.07) is 6.82. The van der Waals surface area contributed by atoms with Crippen LogP contribution in [-0.4, -0.2) is 31.3 Å². The Kier molecular flexibility index (Phi) is 6.54. The molecule has 0 aromatic heterocycles. The van der Waals surface area contributed by atoms with Gasteiger partial charge in [0.15, 0.2) is 0 Å². The molecule has 0 atom stereocenters. The number of rotatable bonds is 10. The van der Waals surface area contributed by atoms with Crippen molar-refractivity contribution in [3.8, 4) is 11.5 Å². The van der Waals surface area contributed by atoms with Crippen LogP contribution in [0.15, 0.2) is 18.2 Å². The summed E-state index contributed by atoms with van der Waals surface area (Å²) >= 11 is 1.96. The molecule has 0 radical (unpaired) electrons. The first-order valence-electron chi connectivity index (χ1n) is 7.44. The molecule has 0 aliphatic heterocycles. The Morgan fingerprint density at radius 2 is 2.20 bits per heavy atom. The lowest BCUT2D eigenvalue weighted by Crippen LogP contribution is -2.16. The first-order chi connectivity index (χ1) is 9.83. The zero-order chi connectivity index (χ0) is 14.2. The minimum Gasteiger partial charge on any atom is -0.497 e. The van der Waals surface area contributed by atoms with Crippen LogP contribution in [0.5, 0.6) is 11.5 Å². The number of benzene rings is 1. The summed E-state index contributed by atoms with van der Waals surface area (Å²) in [7, 11) is 1.69. The highest BCUT2D eigenvalue weighted by Gasteiger charge is 2.20. The average molecular weight is 295 g/mol. The number of hydrogen-bond acceptors (Lipinski definition) is 4. The Labute approximate surface area is 126 Å². The SMILES string of the molecule is CCSCCCOc1cc(OC)ccc1CNC1CC1. The fourth-order valence-corrected chi connectivity index (χ4v) is 2.58. The monoisotopic (exact) mass is 295 g/mol. The normalized spacial score (nSPS) is 14.3. The van der Waals surface area contributed by atoms with E-state index in [0.29, 0.717) is 6.04 Å². The summed E-state index contributed by atoms with van der Waals surface area (Å²) in [4.78, 5) is 0. The van der Waals surface area contributed by atoms with E-state index in [2.05, 4.69) is 18.3 Å². The predicted octanol–water partition coefficient (Wildman–Crippen LogP) is 3.47. The molecule has 0 amide bonds. The van der Waals surface area contributed by atoms with Crippen molar-refractivity contribution in [3.05, 3.63) is 23.8 Å². The van der Waals surface area contributed by atoms with Gasteiger partial charge in [-0.2, -0.15) is 11.8 Å². The molecule has 1 N–H and O–H groups in total. The van der Waals surface area contributed by atoms with Gasteiger partial charge in [-0.25, -0.2) is 0 Å². The van der Waals surface area contributed by atoms with Crippen LogP contribution in [0, 0.1) is 0 Å². The van der Waals surface area contributed by atoms with E-state index < -0.39 is 0 Å². The highest BCUT2D eigenvalue weighted by Crippen LogP contribution is 2.26. The van der Waals surface area contributed by atoms with E-state index >= 15 is 0 Å². The molecule has 3 nitrogen and oxygen atoms in total. The summed E-state index contributed by atoms with van der Waals surface area (Å²) in [6.07, 6.45) is 3.70. The van der Waals surface area contributed by atoms with Gasteiger partial charge in [-0.15, -0.1) is 0 Å². The van der Waals surface area contributed by atoms with Gasteiger partial charge in [-0.1, -0.05) is 13.0 Å². The zero-order valence-electron chi connectivity index (χ0n) is 12.5. The largest absolute Gasteiger partial charge is 0.497 e. The third-order valence-corrected chi connectivity index (χ3v) is 4.31. The van der Waals surface area contributed by atoms with Crippen LogP contribution < -0.4 is 14.8 Å². The van der Waals surface area contributed by atoms with Gasteiger partial charge in [-0.3, -0.25) is 0 Å². The highest BCUT2D eigenvalue weighted by molar-refractivity contribution is 7.99. The summed E-state index contributed by atoms with van der Waals surface area (Å²) in [5.41, 5.74) is 1.22. The molecule has 1 fully saturated rings. The van der Waals surface area contributed by atoms with Gasteiger partial charge in [0.25, 0.3) is 0 Å². The Balaban J connectivity index is 1.87. The predicted molar refractivity (Wildman–Crippen MR) is 86.0 cm³/mol. The molecule has 0 bridgehead atoms. The van der Waals surface area contributed by atoms with Crippen molar-refractivity contribution < 1.29 is 9.47 Å². The van der Waals surface area contributed by atoms with Crippen molar-refractivity contribution in [2.75, 3.05) is 25.2 Å². The van der Waals surface area contributed by atoms with Gasteiger partial charge in [0.2, 0.25) is 0 Å². The van der Waals surface area contributed by atoms with Gasteiger partial charge in [-0.05, 0) is 36.8 Å². The van der Waals surface area contributed by atoms with Gasteiger partial charge in [0.1, 0.15) is 11.5 Å². The maximum atomic E-state index is 5.95. The minimum absolute atomic E-state index is 0.714. The summed E-state index contributed by atoms with van der Waals surface area (Å²) in [5.74, 6) is 4.16. The molecular formula is C16H25NO2S. The van der Waals surface area contributed by atoms with Gasteiger partial charge in [0, 0.05) is 24.2 Å². The van der Waals surface area contributed by atoms with Crippen molar-refractivity contribution >= 4 is 11.8 Å². The smallest absolute Gasteiger partial charge is 0.127 e. The fourth-order valence-electron chi connectivity index (χ4n) is 1.97. The summed E-state index contributed by atoms with van der Waals surface area (Å²) in [6.45, 7) is 3.85. The molecule has 1 saturated carbocycles. The number of methoxy groups -OCH3 is 1. The molecule has 0 unspecified atom stereocenters. The summed E-state index contributed by atoms with van der Waals surface area (Å²) in [5, 5.41) is 3.54. The lowest BCUT2D eigenvalue weighted by atomic mass is 10.2. The third-order valence-electron chi connectivity index (χ3n) is 3.33. The lowest BCUT2D eigenvalue weighted by Gasteiger charge is -2.13. The van der Waals surface area contributed by atoms with Gasteiger partial charge < -0.3 is 14.8 Å². The molecule has 1 aromatic rings. The van der Waals surface area contributed by atoms with Gasteiger partial charge in [0.05, 0.1) is 13.7 Å².